The van der Waals surface area contributed by atoms with E-state index in [0.29, 0.717) is 35.8 Å². The summed E-state index contributed by atoms with van der Waals surface area (Å²) in [5, 5.41) is 17.0. The molecular formula is C28H29N5O3S. The van der Waals surface area contributed by atoms with Gasteiger partial charge in [-0.1, -0.05) is 43.3 Å². The van der Waals surface area contributed by atoms with Gasteiger partial charge in [0.05, 0.1) is 10.6 Å². The second-order valence-corrected chi connectivity index (χ2v) is 11.0. The lowest BCUT2D eigenvalue weighted by Gasteiger charge is -2.30. The van der Waals surface area contributed by atoms with Gasteiger partial charge in [-0.15, -0.1) is 6.58 Å². The normalized spacial score (nSPS) is 16.6. The van der Waals surface area contributed by atoms with E-state index in [-0.39, 0.29) is 17.0 Å². The number of piperidine rings is 1. The van der Waals surface area contributed by atoms with Crippen molar-refractivity contribution < 1.29 is 13.2 Å². The topological polar surface area (TPSA) is 108 Å². The first-order valence-corrected chi connectivity index (χ1v) is 13.5. The molecule has 8 nitrogen and oxygen atoms in total. The highest BCUT2D eigenvalue weighted by molar-refractivity contribution is 7.89. The van der Waals surface area contributed by atoms with Gasteiger partial charge in [0.25, 0.3) is 5.91 Å². The Labute approximate surface area is 217 Å². The Bertz CT molecular complexity index is 1470. The minimum atomic E-state index is -3.68. The van der Waals surface area contributed by atoms with Crippen molar-refractivity contribution in [2.75, 3.05) is 19.6 Å². The maximum atomic E-state index is 13.4. The quantitative estimate of drug-likeness (QED) is 0.275. The summed E-state index contributed by atoms with van der Waals surface area (Å²) >= 11 is 0. The fraction of sp³-hybridized carbons (Fsp3) is 0.250. The van der Waals surface area contributed by atoms with Gasteiger partial charge in [-0.05, 0) is 49.1 Å². The molecule has 0 aliphatic carbocycles. The molecule has 4 rings (SSSR count). The molecule has 1 atom stereocenters. The molecule has 0 spiro atoms. The molecule has 0 radical (unpaired) electrons. The number of carbonyl (C=O) groups excluding carboxylic acids is 1. The Kier molecular flexibility index (Phi) is 8.01. The molecule has 3 aromatic rings. The number of carbonyl (C=O) groups is 1. The molecule has 0 bridgehead atoms. The first-order chi connectivity index (χ1) is 17.8. The Balaban J connectivity index is 1.80. The number of benzene rings is 2. The average Bonchev–Trinajstić information content (AvgIpc) is 3.35. The Morgan fingerprint density at radius 2 is 2.03 bits per heavy atom. The fourth-order valence-corrected chi connectivity index (χ4v) is 5.96. The summed E-state index contributed by atoms with van der Waals surface area (Å²) in [5.74, 6) is -0.224. The molecule has 190 valence electrons. The van der Waals surface area contributed by atoms with E-state index in [1.807, 2.05) is 36.4 Å². The first-order valence-electron chi connectivity index (χ1n) is 12.1. The Hall–Kier alpha value is -4.00. The highest BCUT2D eigenvalue weighted by Crippen LogP contribution is 2.30. The first kappa shape index (κ1) is 26.1. The molecule has 1 aromatic heterocycles. The van der Waals surface area contributed by atoms with Crippen LogP contribution in [-0.4, -0.2) is 48.0 Å². The van der Waals surface area contributed by atoms with Crippen molar-refractivity contribution in [3.63, 3.8) is 0 Å². The van der Waals surface area contributed by atoms with Crippen LogP contribution in [0.4, 0.5) is 0 Å². The van der Waals surface area contributed by atoms with Crippen LogP contribution in [0.5, 0.6) is 0 Å². The van der Waals surface area contributed by atoms with Crippen LogP contribution in [0.1, 0.15) is 25.3 Å². The number of aromatic nitrogens is 2. The van der Waals surface area contributed by atoms with Crippen LogP contribution in [0.25, 0.3) is 23.0 Å². The van der Waals surface area contributed by atoms with Crippen molar-refractivity contribution >= 4 is 22.0 Å². The molecule has 1 N–H and O–H groups in total. The minimum absolute atomic E-state index is 0.0956. The summed E-state index contributed by atoms with van der Waals surface area (Å²) in [6.07, 6.45) is 6.56. The zero-order valence-corrected chi connectivity index (χ0v) is 21.5. The van der Waals surface area contributed by atoms with E-state index in [0.717, 1.165) is 18.5 Å². The Morgan fingerprint density at radius 1 is 1.24 bits per heavy atom. The number of nitriles is 1. The van der Waals surface area contributed by atoms with Crippen molar-refractivity contribution in [1.82, 2.24) is 19.4 Å². The van der Waals surface area contributed by atoms with Gasteiger partial charge in [0.2, 0.25) is 10.0 Å². The van der Waals surface area contributed by atoms with Crippen LogP contribution in [0, 0.1) is 17.2 Å². The lowest BCUT2D eigenvalue weighted by atomic mass is 10.0. The molecule has 1 aliphatic rings. The second kappa shape index (κ2) is 11.4. The number of hydrogen-bond acceptors (Lipinski definition) is 5. The van der Waals surface area contributed by atoms with E-state index in [1.54, 1.807) is 39.4 Å². The summed E-state index contributed by atoms with van der Waals surface area (Å²) in [6, 6.07) is 18.0. The number of rotatable bonds is 8. The van der Waals surface area contributed by atoms with Crippen molar-refractivity contribution in [3.8, 4) is 23.0 Å². The molecular weight excluding hydrogens is 486 g/mol. The van der Waals surface area contributed by atoms with Crippen molar-refractivity contribution in [1.29, 1.82) is 5.26 Å². The maximum Gasteiger partial charge on any atom is 0.262 e. The van der Waals surface area contributed by atoms with Crippen molar-refractivity contribution in [2.24, 2.45) is 5.92 Å². The molecule has 1 unspecified atom stereocenters. The number of hydrogen-bond donors (Lipinski definition) is 1. The second-order valence-electron chi connectivity index (χ2n) is 9.02. The summed E-state index contributed by atoms with van der Waals surface area (Å²) in [4.78, 5) is 12.7. The van der Waals surface area contributed by atoms with Gasteiger partial charge in [0, 0.05) is 37.0 Å². The van der Waals surface area contributed by atoms with Crippen LogP contribution in [-0.2, 0) is 14.8 Å². The van der Waals surface area contributed by atoms with E-state index in [9.17, 15) is 18.5 Å². The molecule has 2 heterocycles. The molecule has 0 saturated carbocycles. The third-order valence-corrected chi connectivity index (χ3v) is 8.06. The van der Waals surface area contributed by atoms with E-state index >= 15 is 0 Å². The monoisotopic (exact) mass is 515 g/mol. The van der Waals surface area contributed by atoms with Crippen molar-refractivity contribution in [2.45, 2.75) is 24.7 Å². The van der Waals surface area contributed by atoms with Gasteiger partial charge in [0.15, 0.2) is 0 Å². The van der Waals surface area contributed by atoms with Gasteiger partial charge < -0.3 is 5.32 Å². The third-order valence-electron chi connectivity index (χ3n) is 6.20. The third kappa shape index (κ3) is 5.88. The molecule has 1 amide bonds. The predicted molar refractivity (Wildman–Crippen MR) is 143 cm³/mol. The zero-order chi connectivity index (χ0) is 26.4. The Morgan fingerprint density at radius 3 is 2.73 bits per heavy atom. The molecule has 2 aromatic carbocycles. The SMILES string of the molecule is C=CCNC(=O)C(C#N)=Cc1cn(-c2ccccc2)nc1-c1cccc(S(=O)(=O)N2CCCC(C)C2)c1. The van der Waals surface area contributed by atoms with Gasteiger partial charge >= 0.3 is 0 Å². The fourth-order valence-electron chi connectivity index (χ4n) is 4.31. The maximum absolute atomic E-state index is 13.4. The van der Waals surface area contributed by atoms with Crippen molar-refractivity contribution in [3.05, 3.63) is 84.6 Å². The molecule has 9 heteroatoms. The van der Waals surface area contributed by atoms with Gasteiger partial charge in [-0.3, -0.25) is 4.79 Å². The van der Waals surface area contributed by atoms with E-state index in [1.165, 1.54) is 12.2 Å². The van der Waals surface area contributed by atoms with Crippen LogP contribution in [0.2, 0.25) is 0 Å². The van der Waals surface area contributed by atoms with Crippen LogP contribution in [0.3, 0.4) is 0 Å². The summed E-state index contributed by atoms with van der Waals surface area (Å²) in [5.41, 5.74) is 2.22. The highest BCUT2D eigenvalue weighted by atomic mass is 32.2. The predicted octanol–water partition coefficient (Wildman–Crippen LogP) is 4.17. The number of sulfonamides is 1. The smallest absolute Gasteiger partial charge is 0.262 e. The minimum Gasteiger partial charge on any atom is -0.348 e. The zero-order valence-electron chi connectivity index (χ0n) is 20.7. The van der Waals surface area contributed by atoms with Crippen LogP contribution < -0.4 is 5.32 Å². The largest absolute Gasteiger partial charge is 0.348 e. The average molecular weight is 516 g/mol. The van der Waals surface area contributed by atoms with E-state index < -0.39 is 15.9 Å². The summed E-state index contributed by atoms with van der Waals surface area (Å²) < 4.78 is 30.0. The van der Waals surface area contributed by atoms with E-state index in [2.05, 4.69) is 18.8 Å². The number of nitrogens with zero attached hydrogens (tertiary/aromatic N) is 4. The summed E-state index contributed by atoms with van der Waals surface area (Å²) in [6.45, 7) is 6.85. The van der Waals surface area contributed by atoms with Gasteiger partial charge in [-0.25, -0.2) is 13.1 Å². The molecule has 37 heavy (non-hydrogen) atoms. The molecule has 1 fully saturated rings. The molecule has 1 aliphatic heterocycles. The van der Waals surface area contributed by atoms with Gasteiger partial charge in [-0.2, -0.15) is 14.7 Å². The lowest BCUT2D eigenvalue weighted by Crippen LogP contribution is -2.39. The standard InChI is InChI=1S/C28H29N5O3S/c1-3-14-30-28(34)23(18-29)16-24-20-33(25-11-5-4-6-12-25)31-27(24)22-10-7-13-26(17-22)37(35,36)32-15-8-9-21(2)19-32/h3-7,10-13,16-17,20-21H,1,8-9,14-15,19H2,2H3,(H,30,34). The van der Waals surface area contributed by atoms with E-state index in [4.69, 9.17) is 5.10 Å². The lowest BCUT2D eigenvalue weighted by molar-refractivity contribution is -0.116. The molecule has 1 saturated heterocycles. The van der Waals surface area contributed by atoms with Crippen LogP contribution >= 0.6 is 0 Å². The van der Waals surface area contributed by atoms with Crippen LogP contribution in [0.15, 0.2) is 83.9 Å². The highest BCUT2D eigenvalue weighted by Gasteiger charge is 2.29. The number of nitrogens with one attached hydrogen (secondary N) is 1. The van der Waals surface area contributed by atoms with Gasteiger partial charge in [0.1, 0.15) is 17.3 Å². The number of para-hydroxylation sites is 1. The summed E-state index contributed by atoms with van der Waals surface area (Å²) in [7, 11) is -3.68. The number of amides is 1.